The molecule has 0 atom stereocenters. The number of rotatable bonds is 0. The molecule has 0 spiro atoms. The van der Waals surface area contributed by atoms with Crippen LogP contribution in [0.3, 0.4) is 0 Å². The summed E-state index contributed by atoms with van der Waals surface area (Å²) in [4.78, 5) is 0. The first-order chi connectivity index (χ1) is 4.74. The molecule has 0 radical (unpaired) electrons. The lowest BCUT2D eigenvalue weighted by molar-refractivity contribution is 0.737. The Morgan fingerprint density at radius 3 is 2.80 bits per heavy atom. The van der Waals surface area contributed by atoms with Gasteiger partial charge in [-0.05, 0) is 30.5 Å². The molecule has 0 amide bonds. The Morgan fingerprint density at radius 2 is 2.40 bits per heavy atom. The van der Waals surface area contributed by atoms with Gasteiger partial charge in [-0.25, -0.2) is 0 Å². The highest BCUT2D eigenvalue weighted by Gasteiger charge is 1.95. The minimum Gasteiger partial charge on any atom is -0.272 e. The van der Waals surface area contributed by atoms with Crippen LogP contribution in [0.25, 0.3) is 0 Å². The molecule has 10 heavy (non-hydrogen) atoms. The van der Waals surface area contributed by atoms with Gasteiger partial charge < -0.3 is 0 Å². The molecule has 3 heteroatoms. The molecule has 0 saturated heterocycles. The fourth-order valence-electron chi connectivity index (χ4n) is 0.670. The van der Waals surface area contributed by atoms with Crippen LogP contribution in [0.4, 0.5) is 0 Å². The maximum atomic E-state index is 5.19. The van der Waals surface area contributed by atoms with E-state index in [9.17, 15) is 0 Å². The van der Waals surface area contributed by atoms with Crippen molar-refractivity contribution in [1.82, 2.24) is 9.78 Å². The summed E-state index contributed by atoms with van der Waals surface area (Å²) < 4.78 is 1.76. The Bertz CT molecular complexity index is 271. The molecule has 1 aromatic rings. The van der Waals surface area contributed by atoms with Crippen LogP contribution in [-0.2, 0) is 7.05 Å². The zero-order valence-corrected chi connectivity index (χ0v) is 6.61. The Morgan fingerprint density at radius 1 is 1.70 bits per heavy atom. The van der Waals surface area contributed by atoms with Crippen molar-refractivity contribution in [2.24, 2.45) is 7.05 Å². The van der Waals surface area contributed by atoms with E-state index in [4.69, 9.17) is 11.6 Å². The van der Waals surface area contributed by atoms with Gasteiger partial charge >= 0.3 is 0 Å². The van der Waals surface area contributed by atoms with Gasteiger partial charge in [0.15, 0.2) is 0 Å². The van der Waals surface area contributed by atoms with Crippen molar-refractivity contribution in [2.75, 3.05) is 0 Å². The highest BCUT2D eigenvalue weighted by Crippen LogP contribution is 1.98. The quantitative estimate of drug-likeness (QED) is 0.515. The Hall–Kier alpha value is -0.940. The first kappa shape index (κ1) is 7.17. The van der Waals surface area contributed by atoms with Crippen LogP contribution in [0, 0.1) is 18.2 Å². The van der Waals surface area contributed by atoms with E-state index in [1.807, 2.05) is 20.0 Å². The summed E-state index contributed by atoms with van der Waals surface area (Å²) in [6, 6.07) is 1.88. The average Bonchev–Trinajstić information content (AvgIpc) is 2.14. The molecule has 0 N–H and O–H groups in total. The van der Waals surface area contributed by atoms with Crippen molar-refractivity contribution in [3.63, 3.8) is 0 Å². The molecule has 1 aromatic heterocycles. The van der Waals surface area contributed by atoms with Crippen molar-refractivity contribution in [1.29, 1.82) is 0 Å². The zero-order valence-electron chi connectivity index (χ0n) is 5.85. The van der Waals surface area contributed by atoms with E-state index >= 15 is 0 Å². The molecule has 0 aliphatic rings. The van der Waals surface area contributed by atoms with Crippen molar-refractivity contribution in [3.8, 4) is 11.3 Å². The lowest BCUT2D eigenvalue weighted by atomic mass is 10.4. The summed E-state index contributed by atoms with van der Waals surface area (Å²) >= 11 is 5.19. The number of halogens is 1. The fraction of sp³-hybridized carbons (Fsp3) is 0.286. The monoisotopic (exact) mass is 154 g/mol. The van der Waals surface area contributed by atoms with Crippen molar-refractivity contribution in [2.45, 2.75) is 6.92 Å². The first-order valence-electron chi connectivity index (χ1n) is 2.86. The second-order valence-electron chi connectivity index (χ2n) is 2.01. The number of nitrogens with zero attached hydrogens (tertiary/aromatic N) is 2. The third-order valence-electron chi connectivity index (χ3n) is 1.29. The molecule has 0 saturated carbocycles. The highest BCUT2D eigenvalue weighted by molar-refractivity contribution is 6.30. The number of hydrogen-bond donors (Lipinski definition) is 0. The SMILES string of the molecule is Cc1cc(C#CCl)nn1C. The summed E-state index contributed by atoms with van der Waals surface area (Å²) in [5, 5.41) is 6.33. The fourth-order valence-corrected chi connectivity index (χ4v) is 0.767. The molecule has 0 unspecified atom stereocenters. The van der Waals surface area contributed by atoms with Crippen LogP contribution in [0.5, 0.6) is 0 Å². The second kappa shape index (κ2) is 2.76. The molecule has 0 aromatic carbocycles. The van der Waals surface area contributed by atoms with Gasteiger partial charge in [0, 0.05) is 18.1 Å². The minimum atomic E-state index is 0.718. The van der Waals surface area contributed by atoms with Crippen molar-refractivity contribution >= 4 is 11.6 Å². The van der Waals surface area contributed by atoms with Crippen LogP contribution in [0.1, 0.15) is 11.4 Å². The molecule has 1 rings (SSSR count). The molecule has 0 fully saturated rings. The third kappa shape index (κ3) is 1.31. The summed E-state index contributed by atoms with van der Waals surface area (Å²) in [6.45, 7) is 1.96. The van der Waals surface area contributed by atoms with Gasteiger partial charge in [0.05, 0.1) is 0 Å². The maximum Gasteiger partial charge on any atom is 0.136 e. The van der Waals surface area contributed by atoms with Crippen LogP contribution in [-0.4, -0.2) is 9.78 Å². The van der Waals surface area contributed by atoms with E-state index in [1.165, 1.54) is 0 Å². The van der Waals surface area contributed by atoms with Gasteiger partial charge in [0.1, 0.15) is 5.69 Å². The third-order valence-corrected chi connectivity index (χ3v) is 1.38. The molecule has 2 nitrogen and oxygen atoms in total. The Balaban J connectivity index is 3.06. The van der Waals surface area contributed by atoms with Crippen LogP contribution in [0.15, 0.2) is 6.07 Å². The average molecular weight is 155 g/mol. The number of hydrogen-bond acceptors (Lipinski definition) is 1. The molecule has 0 aliphatic heterocycles. The van der Waals surface area contributed by atoms with E-state index in [2.05, 4.69) is 16.4 Å². The van der Waals surface area contributed by atoms with Gasteiger partial charge in [-0.1, -0.05) is 0 Å². The highest BCUT2D eigenvalue weighted by atomic mass is 35.5. The Labute approximate surface area is 64.8 Å². The number of aromatic nitrogens is 2. The van der Waals surface area contributed by atoms with E-state index in [0.29, 0.717) is 0 Å². The molecule has 1 heterocycles. The van der Waals surface area contributed by atoms with Gasteiger partial charge in [-0.3, -0.25) is 4.68 Å². The summed E-state index contributed by atoms with van der Waals surface area (Å²) in [7, 11) is 1.87. The van der Waals surface area contributed by atoms with Crippen LogP contribution >= 0.6 is 11.6 Å². The summed E-state index contributed by atoms with van der Waals surface area (Å²) in [6.07, 6.45) is 0. The van der Waals surface area contributed by atoms with E-state index in [1.54, 1.807) is 4.68 Å². The lowest BCUT2D eigenvalue weighted by Gasteiger charge is -1.87. The predicted molar refractivity (Wildman–Crippen MR) is 40.7 cm³/mol. The molecular formula is C7H7ClN2. The topological polar surface area (TPSA) is 17.8 Å². The molecule has 0 aliphatic carbocycles. The first-order valence-corrected chi connectivity index (χ1v) is 3.24. The minimum absolute atomic E-state index is 0.718. The van der Waals surface area contributed by atoms with Crippen molar-refractivity contribution < 1.29 is 0 Å². The largest absolute Gasteiger partial charge is 0.272 e. The van der Waals surface area contributed by atoms with E-state index in [0.717, 1.165) is 11.4 Å². The predicted octanol–water partition coefficient (Wildman–Crippen LogP) is 1.28. The summed E-state index contributed by atoms with van der Waals surface area (Å²) in [5.41, 5.74) is 1.80. The Kier molecular flexibility index (Phi) is 1.98. The van der Waals surface area contributed by atoms with E-state index < -0.39 is 0 Å². The van der Waals surface area contributed by atoms with Crippen LogP contribution in [0.2, 0.25) is 0 Å². The zero-order chi connectivity index (χ0) is 7.56. The summed E-state index contributed by atoms with van der Waals surface area (Å²) in [5.74, 6) is 2.65. The van der Waals surface area contributed by atoms with Crippen molar-refractivity contribution in [3.05, 3.63) is 17.5 Å². The second-order valence-corrected chi connectivity index (χ2v) is 2.20. The van der Waals surface area contributed by atoms with Crippen LogP contribution < -0.4 is 0 Å². The van der Waals surface area contributed by atoms with E-state index in [-0.39, 0.29) is 0 Å². The number of aryl methyl sites for hydroxylation is 2. The molecular weight excluding hydrogens is 148 g/mol. The standard InChI is InChI=1S/C7H7ClN2/c1-6-5-7(3-4-8)9-10(6)2/h5H,1-2H3. The van der Waals surface area contributed by atoms with Gasteiger partial charge in [0.25, 0.3) is 0 Å². The lowest BCUT2D eigenvalue weighted by Crippen LogP contribution is -1.91. The van der Waals surface area contributed by atoms with Gasteiger partial charge in [-0.15, -0.1) is 0 Å². The van der Waals surface area contributed by atoms with Gasteiger partial charge in [0.2, 0.25) is 0 Å². The normalized spacial score (nSPS) is 8.70. The molecule has 0 bridgehead atoms. The molecule has 52 valence electrons. The maximum absolute atomic E-state index is 5.19. The van der Waals surface area contributed by atoms with Gasteiger partial charge in [-0.2, -0.15) is 5.10 Å². The smallest absolute Gasteiger partial charge is 0.136 e.